The molecule has 0 aliphatic rings. The molecule has 18 heavy (non-hydrogen) atoms. The number of sulfonamides is 1. The summed E-state index contributed by atoms with van der Waals surface area (Å²) in [6, 6.07) is 5.74. The van der Waals surface area contributed by atoms with Crippen molar-refractivity contribution >= 4 is 27.3 Å². The van der Waals surface area contributed by atoms with E-state index in [0.717, 1.165) is 4.31 Å². The zero-order valence-corrected chi connectivity index (χ0v) is 11.7. The highest BCUT2D eigenvalue weighted by Crippen LogP contribution is 2.27. The van der Waals surface area contributed by atoms with Gasteiger partial charge in [0.15, 0.2) is 0 Å². The van der Waals surface area contributed by atoms with Crippen molar-refractivity contribution in [2.24, 2.45) is 0 Å². The van der Waals surface area contributed by atoms with Crippen LogP contribution in [0.2, 0.25) is 5.02 Å². The molecule has 1 rings (SSSR count). The third kappa shape index (κ3) is 2.93. The molecule has 1 atom stereocenters. The highest BCUT2D eigenvalue weighted by atomic mass is 35.5. The molecule has 98 valence electrons. The van der Waals surface area contributed by atoms with Crippen molar-refractivity contribution in [3.05, 3.63) is 23.2 Å². The highest BCUT2D eigenvalue weighted by Gasteiger charge is 2.27. The zero-order chi connectivity index (χ0) is 13.9. The Balaban J connectivity index is 3.18. The molecule has 5 nitrogen and oxygen atoms in total. The lowest BCUT2D eigenvalue weighted by atomic mass is 10.3. The number of nitrogens with two attached hydrogens (primary N) is 1. The van der Waals surface area contributed by atoms with Gasteiger partial charge in [-0.05, 0) is 25.1 Å². The fraction of sp³-hybridized carbons (Fsp3) is 0.364. The van der Waals surface area contributed by atoms with Crippen LogP contribution in [0.1, 0.15) is 13.3 Å². The van der Waals surface area contributed by atoms with Crippen LogP contribution in [0.25, 0.3) is 0 Å². The summed E-state index contributed by atoms with van der Waals surface area (Å²) in [5, 5.41) is 8.67. The van der Waals surface area contributed by atoms with Crippen molar-refractivity contribution in [2.75, 3.05) is 12.8 Å². The maximum Gasteiger partial charge on any atom is 0.244 e. The molecule has 0 spiro atoms. The Kier molecular flexibility index (Phi) is 4.57. The van der Waals surface area contributed by atoms with Gasteiger partial charge >= 0.3 is 0 Å². The van der Waals surface area contributed by atoms with Crippen molar-refractivity contribution in [3.8, 4) is 6.07 Å². The van der Waals surface area contributed by atoms with Crippen LogP contribution in [0.5, 0.6) is 0 Å². The predicted octanol–water partition coefficient (Wildman–Crippen LogP) is 1.84. The number of halogens is 1. The lowest BCUT2D eigenvalue weighted by Gasteiger charge is -2.22. The minimum Gasteiger partial charge on any atom is -0.399 e. The minimum atomic E-state index is -3.71. The Morgan fingerprint density at radius 1 is 1.56 bits per heavy atom. The van der Waals surface area contributed by atoms with Gasteiger partial charge in [0.25, 0.3) is 0 Å². The van der Waals surface area contributed by atoms with E-state index in [4.69, 9.17) is 22.6 Å². The first kappa shape index (κ1) is 14.8. The Bertz CT molecular complexity index is 580. The first-order valence-electron chi connectivity index (χ1n) is 5.20. The quantitative estimate of drug-likeness (QED) is 0.856. The molecule has 0 aromatic heterocycles. The van der Waals surface area contributed by atoms with Crippen molar-refractivity contribution < 1.29 is 8.42 Å². The van der Waals surface area contributed by atoms with Crippen molar-refractivity contribution in [2.45, 2.75) is 24.3 Å². The van der Waals surface area contributed by atoms with Crippen LogP contribution >= 0.6 is 11.6 Å². The van der Waals surface area contributed by atoms with E-state index < -0.39 is 16.1 Å². The smallest absolute Gasteiger partial charge is 0.244 e. The molecule has 0 aliphatic heterocycles. The molecule has 1 aromatic carbocycles. The number of anilines is 1. The van der Waals surface area contributed by atoms with Crippen molar-refractivity contribution in [3.63, 3.8) is 0 Å². The summed E-state index contributed by atoms with van der Waals surface area (Å²) >= 11 is 5.89. The standard InChI is InChI=1S/C11H14ClN3O2S/c1-8(5-6-13)15(2)18(16,17)11-4-3-9(14)7-10(11)12/h3-4,7-8H,5,14H2,1-2H3. The third-order valence-corrected chi connectivity index (χ3v) is 5.08. The van der Waals surface area contributed by atoms with Crippen LogP contribution < -0.4 is 5.73 Å². The fourth-order valence-corrected chi connectivity index (χ4v) is 3.26. The first-order chi connectivity index (χ1) is 8.30. The van der Waals surface area contributed by atoms with Crippen LogP contribution in [-0.2, 0) is 10.0 Å². The molecule has 0 heterocycles. The number of rotatable bonds is 4. The summed E-state index contributed by atoms with van der Waals surface area (Å²) in [5.74, 6) is 0. The van der Waals surface area contributed by atoms with Gasteiger partial charge in [0.05, 0.1) is 17.5 Å². The second-order valence-corrected chi connectivity index (χ2v) is 6.30. The van der Waals surface area contributed by atoms with Crippen LogP contribution in [0.3, 0.4) is 0 Å². The van der Waals surface area contributed by atoms with E-state index >= 15 is 0 Å². The van der Waals surface area contributed by atoms with E-state index in [1.165, 1.54) is 25.2 Å². The number of hydrogen-bond donors (Lipinski definition) is 1. The van der Waals surface area contributed by atoms with Crippen molar-refractivity contribution in [1.29, 1.82) is 5.26 Å². The number of nitrogen functional groups attached to an aromatic ring is 1. The zero-order valence-electron chi connectivity index (χ0n) is 10.1. The molecule has 0 aliphatic carbocycles. The molecule has 0 amide bonds. The number of hydrogen-bond acceptors (Lipinski definition) is 4. The molecule has 0 radical (unpaired) electrons. The summed E-state index contributed by atoms with van der Waals surface area (Å²) in [5.41, 5.74) is 5.91. The van der Waals surface area contributed by atoms with Gasteiger partial charge in [-0.25, -0.2) is 8.42 Å². The van der Waals surface area contributed by atoms with Gasteiger partial charge in [0.1, 0.15) is 4.90 Å². The van der Waals surface area contributed by atoms with Crippen LogP contribution in [0, 0.1) is 11.3 Å². The molecular weight excluding hydrogens is 274 g/mol. The average Bonchev–Trinajstić information content (AvgIpc) is 2.27. The third-order valence-electron chi connectivity index (χ3n) is 2.62. The Morgan fingerprint density at radius 3 is 2.67 bits per heavy atom. The molecule has 2 N–H and O–H groups in total. The van der Waals surface area contributed by atoms with E-state index in [9.17, 15) is 8.42 Å². The number of nitriles is 1. The average molecular weight is 288 g/mol. The van der Waals surface area contributed by atoms with Gasteiger partial charge < -0.3 is 5.73 Å². The number of nitrogens with zero attached hydrogens (tertiary/aromatic N) is 2. The second-order valence-electron chi connectivity index (χ2n) is 3.92. The lowest BCUT2D eigenvalue weighted by molar-refractivity contribution is 0.393. The van der Waals surface area contributed by atoms with E-state index in [1.807, 2.05) is 6.07 Å². The highest BCUT2D eigenvalue weighted by molar-refractivity contribution is 7.89. The van der Waals surface area contributed by atoms with Gasteiger partial charge in [-0.2, -0.15) is 9.57 Å². The molecular formula is C11H14ClN3O2S. The minimum absolute atomic E-state index is 0.00865. The van der Waals surface area contributed by atoms with Gasteiger partial charge in [0, 0.05) is 18.8 Å². The van der Waals surface area contributed by atoms with Crippen LogP contribution in [0.15, 0.2) is 23.1 Å². The topological polar surface area (TPSA) is 87.2 Å². The van der Waals surface area contributed by atoms with E-state index in [1.54, 1.807) is 6.92 Å². The SMILES string of the molecule is CC(CC#N)N(C)S(=O)(=O)c1ccc(N)cc1Cl. The maximum atomic E-state index is 12.3. The number of benzene rings is 1. The molecule has 0 bridgehead atoms. The predicted molar refractivity (Wildman–Crippen MR) is 70.5 cm³/mol. The summed E-state index contributed by atoms with van der Waals surface area (Å²) in [6.07, 6.45) is 0.113. The summed E-state index contributed by atoms with van der Waals surface area (Å²) < 4.78 is 25.7. The maximum absolute atomic E-state index is 12.3. The fourth-order valence-electron chi connectivity index (χ4n) is 1.38. The second kappa shape index (κ2) is 5.57. The molecule has 1 aromatic rings. The monoisotopic (exact) mass is 287 g/mol. The van der Waals surface area contributed by atoms with Gasteiger partial charge in [-0.3, -0.25) is 0 Å². The van der Waals surface area contributed by atoms with Crippen LogP contribution in [-0.4, -0.2) is 25.8 Å². The Hall–Kier alpha value is -1.29. The van der Waals surface area contributed by atoms with Gasteiger partial charge in [-0.15, -0.1) is 0 Å². The van der Waals surface area contributed by atoms with E-state index in [2.05, 4.69) is 0 Å². The lowest BCUT2D eigenvalue weighted by Crippen LogP contribution is -2.35. The molecule has 7 heteroatoms. The molecule has 1 unspecified atom stereocenters. The Morgan fingerprint density at radius 2 is 2.17 bits per heavy atom. The Labute approximate surface area is 112 Å². The normalized spacial score (nSPS) is 13.3. The molecule has 0 fully saturated rings. The molecule has 0 saturated carbocycles. The largest absolute Gasteiger partial charge is 0.399 e. The molecule has 0 saturated heterocycles. The van der Waals surface area contributed by atoms with Crippen LogP contribution in [0.4, 0.5) is 5.69 Å². The van der Waals surface area contributed by atoms with E-state index in [0.29, 0.717) is 5.69 Å². The van der Waals surface area contributed by atoms with Crippen molar-refractivity contribution in [1.82, 2.24) is 4.31 Å². The van der Waals surface area contributed by atoms with E-state index in [-0.39, 0.29) is 16.3 Å². The summed E-state index contributed by atoms with van der Waals surface area (Å²) in [7, 11) is -2.29. The van der Waals surface area contributed by atoms with Gasteiger partial charge in [0.2, 0.25) is 10.0 Å². The summed E-state index contributed by atoms with van der Waals surface area (Å²) in [4.78, 5) is -0.00865. The first-order valence-corrected chi connectivity index (χ1v) is 7.02. The van der Waals surface area contributed by atoms with Gasteiger partial charge in [-0.1, -0.05) is 11.6 Å². The summed E-state index contributed by atoms with van der Waals surface area (Å²) in [6.45, 7) is 1.66.